The molecule has 4 heterocycles. The van der Waals surface area contributed by atoms with Crippen molar-refractivity contribution in [1.82, 2.24) is 19.3 Å². The van der Waals surface area contributed by atoms with Crippen molar-refractivity contribution in [3.63, 3.8) is 0 Å². The van der Waals surface area contributed by atoms with E-state index >= 15 is 0 Å². The second-order valence-electron chi connectivity index (χ2n) is 8.20. The number of likely N-dealkylation sites (tertiary alicyclic amines) is 1. The van der Waals surface area contributed by atoms with Crippen LogP contribution >= 0.6 is 0 Å². The minimum absolute atomic E-state index is 0.139. The first-order valence-electron chi connectivity index (χ1n) is 10.9. The van der Waals surface area contributed by atoms with E-state index in [1.807, 2.05) is 10.8 Å². The number of carbonyl (C=O) groups excluding carboxylic acids is 2. The van der Waals surface area contributed by atoms with Crippen LogP contribution in [0.3, 0.4) is 0 Å². The number of ketones is 1. The molecule has 1 aromatic carbocycles. The van der Waals surface area contributed by atoms with E-state index in [2.05, 4.69) is 9.97 Å². The second kappa shape index (κ2) is 8.58. The van der Waals surface area contributed by atoms with E-state index < -0.39 is 29.3 Å². The SMILES string of the molecule is Cc1nc2ccccn2c1/C([O-])=C1\C(=O)C(=O)N(CCC[n+]2cc[nH]c2)C1c1ccc(F)cc1. The number of Topliss-reactive ketones (excluding diaryl/α,β-unsaturated/α-hetero) is 1. The summed E-state index contributed by atoms with van der Waals surface area (Å²) in [6.45, 7) is 2.57. The number of nitrogens with zero attached hydrogens (tertiary/aromatic N) is 4. The highest BCUT2D eigenvalue weighted by molar-refractivity contribution is 6.46. The summed E-state index contributed by atoms with van der Waals surface area (Å²) in [5, 5.41) is 13.8. The van der Waals surface area contributed by atoms with Crippen LogP contribution in [0.1, 0.15) is 29.4 Å². The Hall–Kier alpha value is -4.27. The second-order valence-corrected chi connectivity index (χ2v) is 8.20. The largest absolute Gasteiger partial charge is 0.871 e. The molecular formula is C25H22FN5O3. The van der Waals surface area contributed by atoms with E-state index in [0.29, 0.717) is 29.9 Å². The maximum absolute atomic E-state index is 13.8. The predicted octanol–water partition coefficient (Wildman–Crippen LogP) is 1.71. The highest BCUT2D eigenvalue weighted by atomic mass is 19.1. The van der Waals surface area contributed by atoms with Crippen LogP contribution in [0, 0.1) is 12.7 Å². The molecule has 1 N–H and O–H groups in total. The molecule has 1 fully saturated rings. The van der Waals surface area contributed by atoms with E-state index in [1.54, 1.807) is 48.2 Å². The predicted molar refractivity (Wildman–Crippen MR) is 118 cm³/mol. The van der Waals surface area contributed by atoms with Crippen LogP contribution in [0.25, 0.3) is 11.4 Å². The normalized spacial score (nSPS) is 17.7. The number of H-pyrrole nitrogens is 1. The van der Waals surface area contributed by atoms with Gasteiger partial charge in [-0.2, -0.15) is 0 Å². The van der Waals surface area contributed by atoms with Crippen molar-refractivity contribution in [2.45, 2.75) is 25.9 Å². The fourth-order valence-corrected chi connectivity index (χ4v) is 4.49. The standard InChI is InChI=1S/C25H22FN5O3/c1-16-21(30-12-3-2-5-19(30)28-16)23(32)20-22(17-6-8-18(26)9-7-17)31(25(34)24(20)33)13-4-11-29-14-10-27-15-29/h2-3,5-10,12,14-15,22H,4,11,13H2,1H3,(H,32,33). The van der Waals surface area contributed by atoms with Gasteiger partial charge < -0.3 is 14.4 Å². The van der Waals surface area contributed by atoms with Gasteiger partial charge in [0, 0.05) is 24.7 Å². The van der Waals surface area contributed by atoms with E-state index in [4.69, 9.17) is 0 Å². The van der Waals surface area contributed by atoms with Gasteiger partial charge >= 0.3 is 0 Å². The third-order valence-corrected chi connectivity index (χ3v) is 6.05. The summed E-state index contributed by atoms with van der Waals surface area (Å²) >= 11 is 0. The molecule has 34 heavy (non-hydrogen) atoms. The number of hydrogen-bond donors (Lipinski definition) is 1. The molecule has 0 spiro atoms. The summed E-state index contributed by atoms with van der Waals surface area (Å²) in [6.07, 6.45) is 7.71. The fraction of sp³-hybridized carbons (Fsp3) is 0.200. The maximum Gasteiger partial charge on any atom is 0.295 e. The van der Waals surface area contributed by atoms with Gasteiger partial charge in [-0.25, -0.2) is 13.9 Å². The summed E-state index contributed by atoms with van der Waals surface area (Å²) in [6, 6.07) is 9.97. The summed E-state index contributed by atoms with van der Waals surface area (Å²) in [7, 11) is 0. The highest BCUT2D eigenvalue weighted by Gasteiger charge is 2.44. The number of aryl methyl sites for hydroxylation is 2. The molecule has 1 unspecified atom stereocenters. The first kappa shape index (κ1) is 21.6. The highest BCUT2D eigenvalue weighted by Crippen LogP contribution is 2.39. The van der Waals surface area contributed by atoms with Gasteiger partial charge in [-0.05, 0) is 36.8 Å². The minimum Gasteiger partial charge on any atom is -0.871 e. The van der Waals surface area contributed by atoms with Gasteiger partial charge in [-0.3, -0.25) is 14.6 Å². The van der Waals surface area contributed by atoms with Crippen molar-refractivity contribution in [2.75, 3.05) is 6.54 Å². The zero-order valence-corrected chi connectivity index (χ0v) is 18.4. The lowest BCUT2D eigenvalue weighted by Crippen LogP contribution is -2.36. The average molecular weight is 459 g/mol. The molecular weight excluding hydrogens is 437 g/mol. The Bertz CT molecular complexity index is 1410. The van der Waals surface area contributed by atoms with Crippen molar-refractivity contribution >= 4 is 23.1 Å². The zero-order chi connectivity index (χ0) is 23.8. The number of carbonyl (C=O) groups is 2. The number of aromatic nitrogens is 4. The van der Waals surface area contributed by atoms with Gasteiger partial charge in [-0.15, -0.1) is 0 Å². The molecule has 1 atom stereocenters. The first-order valence-corrected chi connectivity index (χ1v) is 10.9. The van der Waals surface area contributed by atoms with Gasteiger partial charge in [-0.1, -0.05) is 24.0 Å². The molecule has 8 nitrogen and oxygen atoms in total. The number of imidazole rings is 2. The first-order chi connectivity index (χ1) is 16.5. The quantitative estimate of drug-likeness (QED) is 0.205. The maximum atomic E-state index is 13.8. The molecule has 0 radical (unpaired) electrons. The Balaban J connectivity index is 1.60. The third kappa shape index (κ3) is 3.64. The van der Waals surface area contributed by atoms with E-state index in [1.165, 1.54) is 29.2 Å². The van der Waals surface area contributed by atoms with Crippen LogP contribution in [0.4, 0.5) is 4.39 Å². The van der Waals surface area contributed by atoms with Crippen LogP contribution in [-0.4, -0.2) is 37.5 Å². The topological polar surface area (TPSA) is 97.4 Å². The van der Waals surface area contributed by atoms with Crippen LogP contribution in [-0.2, 0) is 16.1 Å². The van der Waals surface area contributed by atoms with Gasteiger partial charge in [0.1, 0.15) is 23.9 Å². The van der Waals surface area contributed by atoms with Crippen molar-refractivity contribution in [1.29, 1.82) is 0 Å². The average Bonchev–Trinajstić information content (AvgIpc) is 3.52. The zero-order valence-electron chi connectivity index (χ0n) is 18.4. The number of halogens is 1. The van der Waals surface area contributed by atoms with Crippen LogP contribution in [0.2, 0.25) is 0 Å². The molecule has 172 valence electrons. The number of aromatic amines is 1. The molecule has 3 aromatic heterocycles. The van der Waals surface area contributed by atoms with E-state index in [0.717, 1.165) is 0 Å². The van der Waals surface area contributed by atoms with Crippen LogP contribution in [0.15, 0.2) is 73.0 Å². The van der Waals surface area contributed by atoms with Crippen LogP contribution in [0.5, 0.6) is 0 Å². The van der Waals surface area contributed by atoms with Gasteiger partial charge in [0.05, 0.1) is 24.0 Å². The van der Waals surface area contributed by atoms with Gasteiger partial charge in [0.2, 0.25) is 12.1 Å². The number of amides is 1. The third-order valence-electron chi connectivity index (χ3n) is 6.05. The van der Waals surface area contributed by atoms with Crippen molar-refractivity contribution in [2.24, 2.45) is 0 Å². The monoisotopic (exact) mass is 459 g/mol. The lowest BCUT2D eigenvalue weighted by atomic mass is 9.96. The summed E-state index contributed by atoms with van der Waals surface area (Å²) in [5.41, 5.74) is 1.64. The Morgan fingerprint density at radius 2 is 2.00 bits per heavy atom. The number of hydrogen-bond acceptors (Lipinski definition) is 4. The fourth-order valence-electron chi connectivity index (χ4n) is 4.49. The molecule has 0 aliphatic carbocycles. The summed E-state index contributed by atoms with van der Waals surface area (Å²) in [5.74, 6) is -2.56. The lowest BCUT2D eigenvalue weighted by Gasteiger charge is -2.27. The van der Waals surface area contributed by atoms with Crippen molar-refractivity contribution in [3.05, 3.63) is 95.7 Å². The van der Waals surface area contributed by atoms with E-state index in [9.17, 15) is 19.1 Å². The number of rotatable bonds is 6. The van der Waals surface area contributed by atoms with Crippen LogP contribution < -0.4 is 9.67 Å². The van der Waals surface area contributed by atoms with Crippen molar-refractivity contribution < 1.29 is 23.7 Å². The Morgan fingerprint density at radius 3 is 2.74 bits per heavy atom. The Labute approximate surface area is 194 Å². The molecule has 1 aliphatic heterocycles. The van der Waals surface area contributed by atoms with E-state index in [-0.39, 0.29) is 17.8 Å². The molecule has 0 saturated carbocycles. The number of fused-ring (bicyclic) bond motifs is 1. The molecule has 0 bridgehead atoms. The number of nitrogens with one attached hydrogen (secondary N) is 1. The smallest absolute Gasteiger partial charge is 0.295 e. The molecule has 1 saturated heterocycles. The molecule has 4 aromatic rings. The minimum atomic E-state index is -0.905. The number of benzene rings is 1. The summed E-state index contributed by atoms with van der Waals surface area (Å²) < 4.78 is 17.2. The van der Waals surface area contributed by atoms with Gasteiger partial charge in [0.25, 0.3) is 5.91 Å². The lowest BCUT2D eigenvalue weighted by molar-refractivity contribution is -0.695. The number of pyridine rings is 1. The Morgan fingerprint density at radius 1 is 1.21 bits per heavy atom. The Kier molecular flexibility index (Phi) is 5.45. The van der Waals surface area contributed by atoms with Crippen molar-refractivity contribution in [3.8, 4) is 0 Å². The molecule has 1 aliphatic rings. The molecule has 9 heteroatoms. The molecule has 1 amide bonds. The van der Waals surface area contributed by atoms with Gasteiger partial charge in [0.15, 0.2) is 0 Å². The molecule has 5 rings (SSSR count). The summed E-state index contributed by atoms with van der Waals surface area (Å²) in [4.78, 5) is 35.0.